The highest BCUT2D eigenvalue weighted by molar-refractivity contribution is 9.10. The van der Waals surface area contributed by atoms with Gasteiger partial charge in [-0.1, -0.05) is 15.9 Å². The van der Waals surface area contributed by atoms with Gasteiger partial charge in [0.05, 0.1) is 0 Å². The SMILES string of the molecule is Cn1c(N=Cc2cc(Br)ccc2O)c(N)c(=O)n(C)c1=O. The van der Waals surface area contributed by atoms with Gasteiger partial charge in [0.15, 0.2) is 5.82 Å². The van der Waals surface area contributed by atoms with E-state index in [2.05, 4.69) is 20.9 Å². The monoisotopic (exact) mass is 352 g/mol. The highest BCUT2D eigenvalue weighted by Gasteiger charge is 2.11. The van der Waals surface area contributed by atoms with Gasteiger partial charge in [-0.2, -0.15) is 0 Å². The quantitative estimate of drug-likeness (QED) is 0.783. The number of nitrogens with zero attached hydrogens (tertiary/aromatic N) is 3. The van der Waals surface area contributed by atoms with Crippen LogP contribution in [0.3, 0.4) is 0 Å². The molecule has 2 rings (SSSR count). The summed E-state index contributed by atoms with van der Waals surface area (Å²) in [6, 6.07) is 4.82. The summed E-state index contributed by atoms with van der Waals surface area (Å²) < 4.78 is 2.83. The summed E-state index contributed by atoms with van der Waals surface area (Å²) in [6.45, 7) is 0. The van der Waals surface area contributed by atoms with E-state index in [1.54, 1.807) is 12.1 Å². The standard InChI is InChI=1S/C13H13BrN4O3/c1-17-11(10(15)12(20)18(2)13(17)21)16-6-7-5-8(14)3-4-9(7)19/h3-6,19H,15H2,1-2H3. The van der Waals surface area contributed by atoms with Crippen LogP contribution in [0, 0.1) is 0 Å². The molecule has 7 nitrogen and oxygen atoms in total. The Hall–Kier alpha value is -2.35. The second-order valence-electron chi connectivity index (χ2n) is 4.40. The maximum absolute atomic E-state index is 11.8. The molecule has 2 aromatic rings. The van der Waals surface area contributed by atoms with Crippen molar-refractivity contribution >= 4 is 33.6 Å². The number of halogens is 1. The maximum Gasteiger partial charge on any atom is 0.332 e. The fraction of sp³-hybridized carbons (Fsp3) is 0.154. The van der Waals surface area contributed by atoms with Crippen molar-refractivity contribution < 1.29 is 5.11 Å². The third-order valence-electron chi connectivity index (χ3n) is 2.98. The second-order valence-corrected chi connectivity index (χ2v) is 5.32. The van der Waals surface area contributed by atoms with Gasteiger partial charge in [-0.3, -0.25) is 13.9 Å². The predicted molar refractivity (Wildman–Crippen MR) is 84.4 cm³/mol. The van der Waals surface area contributed by atoms with E-state index in [-0.39, 0.29) is 17.3 Å². The van der Waals surface area contributed by atoms with Gasteiger partial charge in [0, 0.05) is 30.3 Å². The summed E-state index contributed by atoms with van der Waals surface area (Å²) in [5.41, 5.74) is 4.86. The van der Waals surface area contributed by atoms with Crippen LogP contribution in [0.2, 0.25) is 0 Å². The van der Waals surface area contributed by atoms with Crippen molar-refractivity contribution in [2.75, 3.05) is 5.73 Å². The van der Waals surface area contributed by atoms with Crippen molar-refractivity contribution in [3.8, 4) is 5.75 Å². The largest absolute Gasteiger partial charge is 0.507 e. The predicted octanol–water partition coefficient (Wildman–Crippen LogP) is 0.885. The van der Waals surface area contributed by atoms with Gasteiger partial charge in [-0.15, -0.1) is 0 Å². The molecule has 0 aliphatic rings. The summed E-state index contributed by atoms with van der Waals surface area (Å²) in [5.74, 6) is 0.0665. The number of hydrogen-bond donors (Lipinski definition) is 2. The first kappa shape index (κ1) is 15.0. The number of rotatable bonds is 2. The Morgan fingerprint density at radius 2 is 1.95 bits per heavy atom. The fourth-order valence-electron chi connectivity index (χ4n) is 1.78. The van der Waals surface area contributed by atoms with Crippen LogP contribution in [0.15, 0.2) is 37.3 Å². The van der Waals surface area contributed by atoms with Crippen LogP contribution < -0.4 is 17.0 Å². The van der Waals surface area contributed by atoms with E-state index in [0.717, 1.165) is 9.04 Å². The minimum Gasteiger partial charge on any atom is -0.507 e. The Kier molecular flexibility index (Phi) is 3.99. The Bertz CT molecular complexity index is 814. The maximum atomic E-state index is 11.8. The highest BCUT2D eigenvalue weighted by Crippen LogP contribution is 2.21. The average Bonchev–Trinajstić information content (AvgIpc) is 2.46. The van der Waals surface area contributed by atoms with E-state index >= 15 is 0 Å². The van der Waals surface area contributed by atoms with E-state index in [1.165, 1.54) is 30.9 Å². The summed E-state index contributed by atoms with van der Waals surface area (Å²) >= 11 is 3.28. The number of aromatic nitrogens is 2. The van der Waals surface area contributed by atoms with Crippen molar-refractivity contribution in [1.29, 1.82) is 0 Å². The number of benzene rings is 1. The number of phenolic OH excluding ortho intramolecular Hbond substituents is 1. The molecule has 0 bridgehead atoms. The number of nitrogens with two attached hydrogens (primary N) is 1. The lowest BCUT2D eigenvalue weighted by Crippen LogP contribution is -2.38. The van der Waals surface area contributed by atoms with Crippen LogP contribution in [-0.2, 0) is 14.1 Å². The first-order valence-corrected chi connectivity index (χ1v) is 6.70. The topological polar surface area (TPSA) is 103 Å². The molecule has 0 aliphatic heterocycles. The number of aliphatic imine (C=N–C) groups is 1. The molecule has 0 radical (unpaired) electrons. The minimum absolute atomic E-state index is 0.0226. The molecule has 1 aromatic carbocycles. The van der Waals surface area contributed by atoms with E-state index in [1.807, 2.05) is 0 Å². The molecular formula is C13H13BrN4O3. The summed E-state index contributed by atoms with van der Waals surface area (Å²) in [6.07, 6.45) is 1.34. The van der Waals surface area contributed by atoms with Crippen molar-refractivity contribution in [1.82, 2.24) is 9.13 Å². The van der Waals surface area contributed by atoms with Gasteiger partial charge in [0.2, 0.25) is 0 Å². The molecule has 0 unspecified atom stereocenters. The van der Waals surface area contributed by atoms with Crippen LogP contribution in [-0.4, -0.2) is 20.5 Å². The third-order valence-corrected chi connectivity index (χ3v) is 3.48. The zero-order chi connectivity index (χ0) is 15.7. The van der Waals surface area contributed by atoms with Crippen molar-refractivity contribution in [2.24, 2.45) is 19.1 Å². The number of anilines is 1. The smallest absolute Gasteiger partial charge is 0.332 e. The van der Waals surface area contributed by atoms with Crippen LogP contribution >= 0.6 is 15.9 Å². The van der Waals surface area contributed by atoms with Crippen molar-refractivity contribution in [2.45, 2.75) is 0 Å². The van der Waals surface area contributed by atoms with Gasteiger partial charge in [0.25, 0.3) is 5.56 Å². The van der Waals surface area contributed by atoms with Crippen LogP contribution in [0.4, 0.5) is 11.5 Å². The summed E-state index contributed by atoms with van der Waals surface area (Å²) in [4.78, 5) is 27.7. The third kappa shape index (κ3) is 2.75. The molecule has 0 spiro atoms. The zero-order valence-electron chi connectivity index (χ0n) is 11.4. The van der Waals surface area contributed by atoms with Gasteiger partial charge >= 0.3 is 5.69 Å². The average molecular weight is 353 g/mol. The lowest BCUT2D eigenvalue weighted by atomic mass is 10.2. The normalized spacial score (nSPS) is 11.2. The number of nitrogen functional groups attached to an aromatic ring is 1. The van der Waals surface area contributed by atoms with Crippen molar-refractivity contribution in [3.05, 3.63) is 49.1 Å². The van der Waals surface area contributed by atoms with E-state index in [4.69, 9.17) is 5.73 Å². The Labute approximate surface area is 128 Å². The fourth-order valence-corrected chi connectivity index (χ4v) is 2.15. The van der Waals surface area contributed by atoms with Crippen LogP contribution in [0.1, 0.15) is 5.56 Å². The first-order chi connectivity index (χ1) is 9.82. The molecule has 110 valence electrons. The van der Waals surface area contributed by atoms with Crippen LogP contribution in [0.5, 0.6) is 5.75 Å². The van der Waals surface area contributed by atoms with Gasteiger partial charge < -0.3 is 10.8 Å². The van der Waals surface area contributed by atoms with Gasteiger partial charge in [0.1, 0.15) is 11.4 Å². The molecule has 8 heteroatoms. The Morgan fingerprint density at radius 1 is 1.29 bits per heavy atom. The molecule has 3 N–H and O–H groups in total. The Morgan fingerprint density at radius 3 is 2.62 bits per heavy atom. The molecule has 1 aromatic heterocycles. The summed E-state index contributed by atoms with van der Waals surface area (Å²) in [7, 11) is 2.81. The minimum atomic E-state index is -0.608. The highest BCUT2D eigenvalue weighted by atomic mass is 79.9. The molecule has 0 saturated heterocycles. The molecule has 0 saturated carbocycles. The van der Waals surface area contributed by atoms with Gasteiger partial charge in [-0.05, 0) is 18.2 Å². The van der Waals surface area contributed by atoms with E-state index < -0.39 is 11.2 Å². The second kappa shape index (κ2) is 5.57. The number of hydrogen-bond acceptors (Lipinski definition) is 5. The zero-order valence-corrected chi connectivity index (χ0v) is 13.0. The number of phenols is 1. The molecule has 0 atom stereocenters. The molecule has 21 heavy (non-hydrogen) atoms. The first-order valence-electron chi connectivity index (χ1n) is 5.91. The molecule has 0 amide bonds. The van der Waals surface area contributed by atoms with E-state index in [0.29, 0.717) is 5.56 Å². The molecule has 0 aliphatic carbocycles. The molecule has 1 heterocycles. The molecule has 0 fully saturated rings. The Balaban J connectivity index is 2.59. The van der Waals surface area contributed by atoms with Gasteiger partial charge in [-0.25, -0.2) is 9.79 Å². The molecular weight excluding hydrogens is 340 g/mol. The lowest BCUT2D eigenvalue weighted by molar-refractivity contribution is 0.474. The van der Waals surface area contributed by atoms with Crippen molar-refractivity contribution in [3.63, 3.8) is 0 Å². The van der Waals surface area contributed by atoms with Crippen LogP contribution in [0.25, 0.3) is 0 Å². The summed E-state index contributed by atoms with van der Waals surface area (Å²) in [5, 5.41) is 9.73. The lowest BCUT2D eigenvalue weighted by Gasteiger charge is -2.08. The number of aromatic hydroxyl groups is 1. The van der Waals surface area contributed by atoms with E-state index in [9.17, 15) is 14.7 Å².